The van der Waals surface area contributed by atoms with Crippen molar-refractivity contribution in [3.05, 3.63) is 95.3 Å². The largest absolute Gasteiger partial charge is 0.348 e. The van der Waals surface area contributed by atoms with Crippen LogP contribution in [0.5, 0.6) is 0 Å². The Balaban J connectivity index is 1.54. The maximum atomic E-state index is 12.7. The molecule has 0 fully saturated rings. The molecule has 0 saturated carbocycles. The molecule has 2 heterocycles. The zero-order chi connectivity index (χ0) is 19.5. The van der Waals surface area contributed by atoms with Crippen LogP contribution < -0.4 is 5.32 Å². The van der Waals surface area contributed by atoms with E-state index in [-0.39, 0.29) is 5.91 Å². The molecule has 0 unspecified atom stereocenters. The van der Waals surface area contributed by atoms with Crippen molar-refractivity contribution >= 4 is 16.9 Å². The highest BCUT2D eigenvalue weighted by molar-refractivity contribution is 5.98. The van der Waals surface area contributed by atoms with Gasteiger partial charge in [-0.25, -0.2) is 9.97 Å². The van der Waals surface area contributed by atoms with E-state index in [0.29, 0.717) is 23.4 Å². The fraction of sp³-hybridized carbons (Fsp3) is 0.125. The van der Waals surface area contributed by atoms with E-state index < -0.39 is 0 Å². The summed E-state index contributed by atoms with van der Waals surface area (Å²) in [7, 11) is 0. The summed E-state index contributed by atoms with van der Waals surface area (Å²) in [5, 5.41) is 3.88. The van der Waals surface area contributed by atoms with Crippen LogP contribution in [0.2, 0.25) is 0 Å². The number of nitrogens with zero attached hydrogens (tertiary/aromatic N) is 2. The molecule has 1 N–H and O–H groups in total. The number of rotatable bonds is 4. The number of aromatic nitrogens is 2. The molecule has 0 aliphatic heterocycles. The predicted octanol–water partition coefficient (Wildman–Crippen LogP) is 4.84. The zero-order valence-electron chi connectivity index (χ0n) is 15.9. The van der Waals surface area contributed by atoms with Crippen molar-refractivity contribution in [2.75, 3.05) is 0 Å². The van der Waals surface area contributed by atoms with E-state index >= 15 is 0 Å². The van der Waals surface area contributed by atoms with E-state index in [0.717, 1.165) is 16.5 Å². The topological polar surface area (TPSA) is 54.9 Å². The van der Waals surface area contributed by atoms with Gasteiger partial charge in [-0.05, 0) is 60.4 Å². The first-order valence-electron chi connectivity index (χ1n) is 9.27. The lowest BCUT2D eigenvalue weighted by atomic mass is 9.99. The molecule has 0 radical (unpaired) electrons. The number of carbonyl (C=O) groups excluding carboxylic acids is 1. The van der Waals surface area contributed by atoms with Gasteiger partial charge in [0.15, 0.2) is 5.65 Å². The third-order valence-electron chi connectivity index (χ3n) is 4.86. The molecule has 0 saturated heterocycles. The molecular formula is C24H21N3O. The molecule has 0 atom stereocenters. The molecule has 0 aliphatic carbocycles. The van der Waals surface area contributed by atoms with Crippen molar-refractivity contribution in [3.8, 4) is 11.1 Å². The van der Waals surface area contributed by atoms with Crippen LogP contribution in [0.25, 0.3) is 22.2 Å². The van der Waals surface area contributed by atoms with Crippen molar-refractivity contribution in [2.45, 2.75) is 20.4 Å². The number of benzene rings is 2. The van der Waals surface area contributed by atoms with E-state index in [1.807, 2.05) is 49.4 Å². The number of aryl methyl sites for hydroxylation is 2. The van der Waals surface area contributed by atoms with Crippen molar-refractivity contribution < 1.29 is 4.79 Å². The first-order valence-corrected chi connectivity index (χ1v) is 9.27. The third-order valence-corrected chi connectivity index (χ3v) is 4.86. The second-order valence-corrected chi connectivity index (χ2v) is 6.87. The molecule has 1 amide bonds. The molecule has 4 heteroatoms. The third kappa shape index (κ3) is 3.62. The fourth-order valence-corrected chi connectivity index (χ4v) is 3.35. The minimum atomic E-state index is -0.128. The summed E-state index contributed by atoms with van der Waals surface area (Å²) in [6.07, 6.45) is 1.70. The summed E-state index contributed by atoms with van der Waals surface area (Å²) in [4.78, 5) is 21.4. The maximum absolute atomic E-state index is 12.7. The van der Waals surface area contributed by atoms with Crippen molar-refractivity contribution in [3.63, 3.8) is 0 Å². The van der Waals surface area contributed by atoms with Crippen LogP contribution in [0.1, 0.15) is 27.2 Å². The highest BCUT2D eigenvalue weighted by Crippen LogP contribution is 2.24. The van der Waals surface area contributed by atoms with Gasteiger partial charge in [0.05, 0.1) is 11.3 Å². The van der Waals surface area contributed by atoms with Gasteiger partial charge in [0.2, 0.25) is 0 Å². The number of hydrogen-bond donors (Lipinski definition) is 1. The van der Waals surface area contributed by atoms with E-state index in [9.17, 15) is 4.79 Å². The van der Waals surface area contributed by atoms with Crippen molar-refractivity contribution in [1.29, 1.82) is 0 Å². The lowest BCUT2D eigenvalue weighted by Gasteiger charge is -2.11. The van der Waals surface area contributed by atoms with E-state index in [1.165, 1.54) is 11.1 Å². The van der Waals surface area contributed by atoms with Crippen LogP contribution in [-0.4, -0.2) is 15.9 Å². The van der Waals surface area contributed by atoms with Crippen LogP contribution >= 0.6 is 0 Å². The quantitative estimate of drug-likeness (QED) is 0.561. The molecule has 2 aromatic carbocycles. The minimum Gasteiger partial charge on any atom is -0.348 e. The van der Waals surface area contributed by atoms with Crippen LogP contribution in [0.15, 0.2) is 72.9 Å². The van der Waals surface area contributed by atoms with Gasteiger partial charge in [0, 0.05) is 18.1 Å². The number of hydrogen-bond acceptors (Lipinski definition) is 3. The fourth-order valence-electron chi connectivity index (χ4n) is 3.35. The van der Waals surface area contributed by atoms with Crippen LogP contribution in [0.4, 0.5) is 0 Å². The average molecular weight is 367 g/mol. The van der Waals surface area contributed by atoms with E-state index in [4.69, 9.17) is 0 Å². The van der Waals surface area contributed by atoms with Crippen LogP contribution in [0, 0.1) is 13.8 Å². The minimum absolute atomic E-state index is 0.128. The first kappa shape index (κ1) is 17.9. The number of nitrogens with one attached hydrogen (secondary N) is 1. The van der Waals surface area contributed by atoms with E-state index in [2.05, 4.69) is 46.5 Å². The van der Waals surface area contributed by atoms with Crippen LogP contribution in [0.3, 0.4) is 0 Å². The summed E-state index contributed by atoms with van der Waals surface area (Å²) in [6.45, 7) is 4.40. The Morgan fingerprint density at radius 2 is 1.82 bits per heavy atom. The molecule has 0 aliphatic rings. The lowest BCUT2D eigenvalue weighted by Crippen LogP contribution is -2.24. The van der Waals surface area contributed by atoms with Gasteiger partial charge >= 0.3 is 0 Å². The monoisotopic (exact) mass is 367 g/mol. The average Bonchev–Trinajstić information content (AvgIpc) is 2.72. The number of pyridine rings is 2. The van der Waals surface area contributed by atoms with Gasteiger partial charge in [-0.1, -0.05) is 42.5 Å². The lowest BCUT2D eigenvalue weighted by molar-refractivity contribution is 0.0950. The Morgan fingerprint density at radius 3 is 2.68 bits per heavy atom. The smallest absolute Gasteiger partial charge is 0.253 e. The Labute approximate surface area is 164 Å². The highest BCUT2D eigenvalue weighted by Gasteiger charge is 2.12. The molecule has 2 aromatic heterocycles. The Kier molecular flexibility index (Phi) is 4.85. The van der Waals surface area contributed by atoms with Crippen molar-refractivity contribution in [1.82, 2.24) is 15.3 Å². The normalized spacial score (nSPS) is 10.8. The summed E-state index contributed by atoms with van der Waals surface area (Å²) >= 11 is 0. The standard InChI is InChI=1S/C24H21N3O/c1-16-7-3-4-11-21(16)19-9-5-8-18(13-19)15-26-24(28)22-14-20-10-6-12-25-23(20)27-17(22)2/h3-14H,15H2,1-2H3,(H,26,28). The first-order chi connectivity index (χ1) is 13.6. The Bertz CT molecular complexity index is 1170. The Hall–Kier alpha value is -3.53. The van der Waals surface area contributed by atoms with Gasteiger partial charge in [-0.2, -0.15) is 0 Å². The van der Waals surface area contributed by atoms with E-state index in [1.54, 1.807) is 6.20 Å². The maximum Gasteiger partial charge on any atom is 0.253 e. The molecule has 28 heavy (non-hydrogen) atoms. The van der Waals surface area contributed by atoms with Crippen LogP contribution in [-0.2, 0) is 6.54 Å². The number of carbonyl (C=O) groups is 1. The van der Waals surface area contributed by atoms with Gasteiger partial charge in [-0.3, -0.25) is 4.79 Å². The van der Waals surface area contributed by atoms with Gasteiger partial charge in [0.1, 0.15) is 0 Å². The molecule has 138 valence electrons. The van der Waals surface area contributed by atoms with Crippen molar-refractivity contribution in [2.24, 2.45) is 0 Å². The summed E-state index contributed by atoms with van der Waals surface area (Å²) in [5.74, 6) is -0.128. The Morgan fingerprint density at radius 1 is 0.964 bits per heavy atom. The van der Waals surface area contributed by atoms with Gasteiger partial charge in [-0.15, -0.1) is 0 Å². The zero-order valence-corrected chi connectivity index (χ0v) is 15.9. The molecule has 4 aromatic rings. The highest BCUT2D eigenvalue weighted by atomic mass is 16.1. The number of amides is 1. The predicted molar refractivity (Wildman–Crippen MR) is 112 cm³/mol. The molecule has 0 bridgehead atoms. The summed E-state index contributed by atoms with van der Waals surface area (Å²) in [5.41, 5.74) is 6.56. The van der Waals surface area contributed by atoms with Gasteiger partial charge < -0.3 is 5.32 Å². The van der Waals surface area contributed by atoms with Gasteiger partial charge in [0.25, 0.3) is 5.91 Å². The second kappa shape index (κ2) is 7.61. The summed E-state index contributed by atoms with van der Waals surface area (Å²) < 4.78 is 0. The summed E-state index contributed by atoms with van der Waals surface area (Å²) in [6, 6.07) is 22.2. The molecule has 4 rings (SSSR count). The molecule has 4 nitrogen and oxygen atoms in total. The number of fused-ring (bicyclic) bond motifs is 1. The second-order valence-electron chi connectivity index (χ2n) is 6.87. The molecular weight excluding hydrogens is 346 g/mol. The molecule has 0 spiro atoms. The SMILES string of the molecule is Cc1ccccc1-c1cccc(CNC(=O)c2cc3cccnc3nc2C)c1.